The summed E-state index contributed by atoms with van der Waals surface area (Å²) in [7, 11) is 0. The minimum Gasteiger partial charge on any atom is -0.507 e. The van der Waals surface area contributed by atoms with E-state index in [0.717, 1.165) is 10.3 Å². The van der Waals surface area contributed by atoms with E-state index in [9.17, 15) is 14.7 Å². The van der Waals surface area contributed by atoms with Crippen molar-refractivity contribution in [3.05, 3.63) is 99.0 Å². The number of rotatable bonds is 4. The predicted octanol–water partition coefficient (Wildman–Crippen LogP) is 7.35. The Bertz CT molecular complexity index is 1490. The van der Waals surface area contributed by atoms with Gasteiger partial charge in [0.2, 0.25) is 0 Å². The second-order valence-corrected chi connectivity index (χ2v) is 10.5. The molecule has 3 aromatic carbocycles. The second-order valence-electron chi connectivity index (χ2n) is 8.61. The Balaban J connectivity index is 1.71. The molecule has 0 radical (unpaired) electrons. The highest BCUT2D eigenvalue weighted by molar-refractivity contribution is 7.22. The summed E-state index contributed by atoms with van der Waals surface area (Å²) in [6.07, 6.45) is 0. The van der Waals surface area contributed by atoms with Crippen LogP contribution in [0.2, 0.25) is 10.0 Å². The molecule has 0 saturated carbocycles. The van der Waals surface area contributed by atoms with E-state index >= 15 is 0 Å². The van der Waals surface area contributed by atoms with Crippen molar-refractivity contribution >= 4 is 67.3 Å². The number of aliphatic hydroxyl groups excluding tert-OH is 1. The number of nitrogens with zero attached hydrogens (tertiary/aromatic N) is 2. The molecule has 1 atom stereocenters. The van der Waals surface area contributed by atoms with Crippen LogP contribution < -0.4 is 4.90 Å². The molecule has 1 fully saturated rings. The first-order valence-corrected chi connectivity index (χ1v) is 12.5. The zero-order valence-electron chi connectivity index (χ0n) is 18.8. The van der Waals surface area contributed by atoms with E-state index < -0.39 is 17.7 Å². The zero-order valence-corrected chi connectivity index (χ0v) is 21.2. The van der Waals surface area contributed by atoms with Gasteiger partial charge >= 0.3 is 5.91 Å². The van der Waals surface area contributed by atoms with E-state index in [1.165, 1.54) is 16.2 Å². The summed E-state index contributed by atoms with van der Waals surface area (Å²) in [5.41, 5.74) is 2.89. The molecule has 1 unspecified atom stereocenters. The van der Waals surface area contributed by atoms with Crippen molar-refractivity contribution in [3.63, 3.8) is 0 Å². The van der Waals surface area contributed by atoms with Crippen molar-refractivity contribution in [3.8, 4) is 0 Å². The van der Waals surface area contributed by atoms with Crippen molar-refractivity contribution in [2.75, 3.05) is 4.90 Å². The molecule has 1 amide bonds. The number of carbonyl (C=O) groups is 2. The lowest BCUT2D eigenvalue weighted by atomic mass is 9.93. The Kier molecular flexibility index (Phi) is 6.13. The monoisotopic (exact) mass is 522 g/mol. The molecule has 1 aliphatic heterocycles. The first-order valence-electron chi connectivity index (χ1n) is 11.0. The van der Waals surface area contributed by atoms with Crippen LogP contribution in [0.3, 0.4) is 0 Å². The van der Waals surface area contributed by atoms with Gasteiger partial charge in [-0.1, -0.05) is 72.7 Å². The maximum atomic E-state index is 13.4. The van der Waals surface area contributed by atoms with E-state index in [2.05, 4.69) is 18.8 Å². The molecular formula is C27H20Cl2N2O3S. The Morgan fingerprint density at radius 3 is 2.29 bits per heavy atom. The first kappa shape index (κ1) is 23.5. The van der Waals surface area contributed by atoms with Gasteiger partial charge in [-0.25, -0.2) is 4.98 Å². The number of halogens is 2. The number of benzene rings is 3. The van der Waals surface area contributed by atoms with Crippen LogP contribution in [0.1, 0.15) is 42.5 Å². The molecule has 1 saturated heterocycles. The molecule has 5 nitrogen and oxygen atoms in total. The second kappa shape index (κ2) is 9.11. The molecule has 8 heteroatoms. The van der Waals surface area contributed by atoms with Crippen molar-refractivity contribution < 1.29 is 14.7 Å². The minimum atomic E-state index is -0.845. The quantitative estimate of drug-likeness (QED) is 0.173. The van der Waals surface area contributed by atoms with E-state index in [1.807, 2.05) is 24.3 Å². The van der Waals surface area contributed by atoms with Crippen LogP contribution in [0.5, 0.6) is 0 Å². The van der Waals surface area contributed by atoms with Gasteiger partial charge in [0.1, 0.15) is 5.76 Å². The number of aromatic nitrogens is 1. The number of ketones is 1. The molecule has 176 valence electrons. The maximum absolute atomic E-state index is 13.4. The van der Waals surface area contributed by atoms with Gasteiger partial charge < -0.3 is 5.11 Å². The maximum Gasteiger partial charge on any atom is 0.301 e. The number of Topliss-reactive ketones (excluding diaryl/α,β-unsaturated/α-hetero) is 1. The third-order valence-electron chi connectivity index (χ3n) is 6.03. The van der Waals surface area contributed by atoms with E-state index in [0.29, 0.717) is 37.7 Å². The third-order valence-corrected chi connectivity index (χ3v) is 7.53. The van der Waals surface area contributed by atoms with Gasteiger partial charge in [0.25, 0.3) is 5.78 Å². The van der Waals surface area contributed by atoms with Gasteiger partial charge in [0, 0.05) is 15.6 Å². The summed E-state index contributed by atoms with van der Waals surface area (Å²) in [4.78, 5) is 32.7. The fourth-order valence-corrected chi connectivity index (χ4v) is 5.56. The summed E-state index contributed by atoms with van der Waals surface area (Å²) in [5.74, 6) is -1.46. The van der Waals surface area contributed by atoms with Crippen molar-refractivity contribution in [1.29, 1.82) is 0 Å². The molecule has 4 aromatic rings. The number of carbonyl (C=O) groups excluding carboxylic acids is 2. The fraction of sp³-hybridized carbons (Fsp3) is 0.148. The number of aliphatic hydroxyl groups is 1. The number of anilines is 1. The standard InChI is InChI=1S/C27H20Cl2N2O3S/c1-14(2)15-3-5-16(6-4-15)23-22(24(32)17-7-9-18(28)10-8-17)25(33)26(34)31(23)27-30-20-12-11-19(29)13-21(20)35-27/h3-14,23,32H,1-2H3. The highest BCUT2D eigenvalue weighted by Crippen LogP contribution is 2.44. The van der Waals surface area contributed by atoms with Gasteiger partial charge in [-0.05, 0) is 59.5 Å². The zero-order chi connectivity index (χ0) is 24.9. The molecule has 2 heterocycles. The minimum absolute atomic E-state index is 0.00640. The number of hydrogen-bond donors (Lipinski definition) is 1. The van der Waals surface area contributed by atoms with Crippen molar-refractivity contribution in [1.82, 2.24) is 4.98 Å². The summed E-state index contributed by atoms with van der Waals surface area (Å²) in [6, 6.07) is 18.6. The highest BCUT2D eigenvalue weighted by Gasteiger charge is 2.48. The molecular weight excluding hydrogens is 503 g/mol. The number of hydrogen-bond acceptors (Lipinski definition) is 5. The molecule has 1 aromatic heterocycles. The normalized spacial score (nSPS) is 17.6. The Morgan fingerprint density at radius 2 is 1.63 bits per heavy atom. The van der Waals surface area contributed by atoms with Crippen LogP contribution in [0, 0.1) is 0 Å². The lowest BCUT2D eigenvalue weighted by Gasteiger charge is -2.23. The summed E-state index contributed by atoms with van der Waals surface area (Å²) < 4.78 is 0.793. The van der Waals surface area contributed by atoms with Gasteiger partial charge in [0.15, 0.2) is 5.13 Å². The third kappa shape index (κ3) is 4.22. The smallest absolute Gasteiger partial charge is 0.301 e. The Morgan fingerprint density at radius 1 is 0.971 bits per heavy atom. The summed E-state index contributed by atoms with van der Waals surface area (Å²) in [5, 5.41) is 12.6. The Labute approximate surface area is 216 Å². The molecule has 0 aliphatic carbocycles. The molecule has 5 rings (SSSR count). The van der Waals surface area contributed by atoms with Crippen LogP contribution in [0.25, 0.3) is 16.0 Å². The van der Waals surface area contributed by atoms with Gasteiger partial charge in [-0.2, -0.15) is 0 Å². The largest absolute Gasteiger partial charge is 0.507 e. The van der Waals surface area contributed by atoms with Gasteiger partial charge in [0.05, 0.1) is 21.8 Å². The highest BCUT2D eigenvalue weighted by atomic mass is 35.5. The average Bonchev–Trinajstić information content (AvgIpc) is 3.37. The van der Waals surface area contributed by atoms with Gasteiger partial charge in [-0.3, -0.25) is 14.5 Å². The van der Waals surface area contributed by atoms with Crippen LogP contribution in [0.4, 0.5) is 5.13 Å². The lowest BCUT2D eigenvalue weighted by Crippen LogP contribution is -2.29. The number of thiazole rings is 1. The van der Waals surface area contributed by atoms with Gasteiger partial charge in [-0.15, -0.1) is 0 Å². The SMILES string of the molecule is CC(C)c1ccc(C2C(=C(O)c3ccc(Cl)cc3)C(=O)C(=O)N2c2nc3ccc(Cl)cc3s2)cc1. The summed E-state index contributed by atoms with van der Waals surface area (Å²) >= 11 is 13.4. The Hall–Kier alpha value is -3.19. The molecule has 1 N–H and O–H groups in total. The van der Waals surface area contributed by atoms with Crippen LogP contribution in [0.15, 0.2) is 72.3 Å². The molecule has 1 aliphatic rings. The van der Waals surface area contributed by atoms with E-state index in [-0.39, 0.29) is 11.3 Å². The lowest BCUT2D eigenvalue weighted by molar-refractivity contribution is -0.132. The van der Waals surface area contributed by atoms with E-state index in [1.54, 1.807) is 42.5 Å². The number of fused-ring (bicyclic) bond motifs is 1. The number of amides is 1. The average molecular weight is 523 g/mol. The van der Waals surface area contributed by atoms with Crippen molar-refractivity contribution in [2.45, 2.75) is 25.8 Å². The molecule has 0 spiro atoms. The van der Waals surface area contributed by atoms with Crippen LogP contribution in [-0.2, 0) is 9.59 Å². The summed E-state index contributed by atoms with van der Waals surface area (Å²) in [6.45, 7) is 4.18. The van der Waals surface area contributed by atoms with Crippen LogP contribution >= 0.6 is 34.5 Å². The predicted molar refractivity (Wildman–Crippen MR) is 141 cm³/mol. The van der Waals surface area contributed by atoms with Crippen LogP contribution in [-0.4, -0.2) is 21.8 Å². The van der Waals surface area contributed by atoms with Crippen molar-refractivity contribution in [2.24, 2.45) is 0 Å². The topological polar surface area (TPSA) is 70.5 Å². The molecule has 35 heavy (non-hydrogen) atoms. The molecule has 0 bridgehead atoms. The first-order chi connectivity index (χ1) is 16.7. The fourth-order valence-electron chi connectivity index (χ4n) is 4.16. The van der Waals surface area contributed by atoms with E-state index in [4.69, 9.17) is 23.2 Å².